The molecule has 2 heterocycles. The van der Waals surface area contributed by atoms with Crippen LogP contribution in [-0.2, 0) is 25.6 Å². The lowest BCUT2D eigenvalue weighted by molar-refractivity contribution is -0.210. The van der Waals surface area contributed by atoms with E-state index in [4.69, 9.17) is 24.7 Å². The highest BCUT2D eigenvalue weighted by atomic mass is 127. The van der Waals surface area contributed by atoms with Gasteiger partial charge in [0, 0.05) is 31.2 Å². The summed E-state index contributed by atoms with van der Waals surface area (Å²) in [5.41, 5.74) is 7.92. The fourth-order valence-electron chi connectivity index (χ4n) is 2.95. The number of nitrogens with two attached hydrogens (primary N) is 1. The summed E-state index contributed by atoms with van der Waals surface area (Å²) in [7, 11) is 1.66. The van der Waals surface area contributed by atoms with Crippen LogP contribution >= 0.6 is 24.0 Å². The number of aliphatic imine (C=N–C) groups is 1. The molecule has 1 spiro atoms. The maximum atomic E-state index is 6.04. The van der Waals surface area contributed by atoms with Crippen LogP contribution in [0.4, 0.5) is 5.69 Å². The van der Waals surface area contributed by atoms with Crippen molar-refractivity contribution in [3.05, 3.63) is 29.8 Å². The first-order chi connectivity index (χ1) is 11.7. The van der Waals surface area contributed by atoms with Gasteiger partial charge in [-0.25, -0.2) is 0 Å². The average Bonchev–Trinajstić information content (AvgIpc) is 2.98. The molecular formula is C17H26IN3O4. The van der Waals surface area contributed by atoms with E-state index in [0.29, 0.717) is 38.9 Å². The molecule has 2 fully saturated rings. The maximum Gasteiger partial charge on any atom is 0.193 e. The second kappa shape index (κ2) is 9.67. The van der Waals surface area contributed by atoms with Crippen LogP contribution in [0.2, 0.25) is 0 Å². The van der Waals surface area contributed by atoms with Gasteiger partial charge in [-0.15, -0.1) is 24.0 Å². The average molecular weight is 463 g/mol. The number of para-hydroxylation sites is 1. The van der Waals surface area contributed by atoms with Crippen molar-refractivity contribution >= 4 is 35.6 Å². The Morgan fingerprint density at radius 2 is 2.12 bits per heavy atom. The number of nitrogens with one attached hydrogen (secondary N) is 1. The molecule has 25 heavy (non-hydrogen) atoms. The van der Waals surface area contributed by atoms with Crippen LogP contribution in [0.5, 0.6) is 0 Å². The Labute approximate surface area is 165 Å². The minimum Gasteiger partial charge on any atom is -0.381 e. The summed E-state index contributed by atoms with van der Waals surface area (Å²) < 4.78 is 22.4. The van der Waals surface area contributed by atoms with Crippen molar-refractivity contribution in [1.82, 2.24) is 0 Å². The molecule has 0 aromatic heterocycles. The standard InChI is InChI=1S/C17H25N3O4.HI/c1-21-11-13-4-2-3-5-15(13)20-16(18)19-10-14-12-23-17(24-14)6-8-22-9-7-17;/h2-5,14H,6-12H2,1H3,(H3,18,19,20);1H. The number of hydrogen-bond acceptors (Lipinski definition) is 5. The molecule has 8 heteroatoms. The van der Waals surface area contributed by atoms with Gasteiger partial charge >= 0.3 is 0 Å². The number of nitrogens with zero attached hydrogens (tertiary/aromatic N) is 1. The molecule has 2 saturated heterocycles. The molecule has 3 N–H and O–H groups in total. The lowest BCUT2D eigenvalue weighted by atomic mass is 10.1. The number of hydrogen-bond donors (Lipinski definition) is 2. The smallest absolute Gasteiger partial charge is 0.193 e. The van der Waals surface area contributed by atoms with Crippen LogP contribution in [0.1, 0.15) is 18.4 Å². The number of rotatable bonds is 5. The minimum absolute atomic E-state index is 0. The summed E-state index contributed by atoms with van der Waals surface area (Å²) in [5.74, 6) is -0.124. The molecule has 1 unspecified atom stereocenters. The van der Waals surface area contributed by atoms with E-state index in [1.807, 2.05) is 24.3 Å². The molecule has 1 aromatic carbocycles. The number of benzene rings is 1. The third kappa shape index (κ3) is 5.52. The van der Waals surface area contributed by atoms with Crippen LogP contribution in [0.3, 0.4) is 0 Å². The van der Waals surface area contributed by atoms with Crippen molar-refractivity contribution in [1.29, 1.82) is 0 Å². The Morgan fingerprint density at radius 3 is 2.88 bits per heavy atom. The monoisotopic (exact) mass is 463 g/mol. The first-order valence-corrected chi connectivity index (χ1v) is 8.24. The van der Waals surface area contributed by atoms with Crippen LogP contribution < -0.4 is 11.1 Å². The zero-order valence-electron chi connectivity index (χ0n) is 14.4. The highest BCUT2D eigenvalue weighted by Crippen LogP contribution is 2.33. The van der Waals surface area contributed by atoms with Crippen LogP contribution in [0.15, 0.2) is 29.3 Å². The molecule has 0 saturated carbocycles. The summed E-state index contributed by atoms with van der Waals surface area (Å²) in [5, 5.41) is 3.12. The number of halogens is 1. The van der Waals surface area contributed by atoms with Crippen LogP contribution in [0, 0.1) is 0 Å². The summed E-state index contributed by atoms with van der Waals surface area (Å²) in [4.78, 5) is 4.39. The predicted octanol–water partition coefficient (Wildman–Crippen LogP) is 2.10. The zero-order chi connectivity index (χ0) is 16.8. The SMILES string of the molecule is COCc1ccccc1NC(N)=NCC1COC2(CCOCC2)O1.I. The van der Waals surface area contributed by atoms with E-state index < -0.39 is 5.79 Å². The summed E-state index contributed by atoms with van der Waals surface area (Å²) >= 11 is 0. The van der Waals surface area contributed by atoms with Gasteiger partial charge < -0.3 is 30.0 Å². The first-order valence-electron chi connectivity index (χ1n) is 8.24. The molecule has 140 valence electrons. The molecule has 2 aliphatic heterocycles. The quantitative estimate of drug-likeness (QED) is 0.395. The summed E-state index contributed by atoms with van der Waals surface area (Å²) in [6.45, 7) is 2.87. The molecule has 1 atom stereocenters. The molecule has 0 aliphatic carbocycles. The van der Waals surface area contributed by atoms with Gasteiger partial charge in [0.05, 0.1) is 33.0 Å². The normalized spacial score (nSPS) is 22.6. The Balaban J connectivity index is 0.00000225. The van der Waals surface area contributed by atoms with E-state index in [0.717, 1.165) is 24.1 Å². The van der Waals surface area contributed by atoms with Gasteiger partial charge in [0.15, 0.2) is 11.7 Å². The first kappa shape index (κ1) is 20.4. The third-order valence-electron chi connectivity index (χ3n) is 4.21. The van der Waals surface area contributed by atoms with Crippen LogP contribution in [0.25, 0.3) is 0 Å². The van der Waals surface area contributed by atoms with E-state index >= 15 is 0 Å². The molecule has 0 bridgehead atoms. The molecule has 7 nitrogen and oxygen atoms in total. The largest absolute Gasteiger partial charge is 0.381 e. The number of anilines is 1. The Bertz CT molecular complexity index is 579. The second-order valence-corrected chi connectivity index (χ2v) is 6.02. The van der Waals surface area contributed by atoms with E-state index in [1.165, 1.54) is 0 Å². The minimum atomic E-state index is -0.480. The molecule has 2 aliphatic rings. The van der Waals surface area contributed by atoms with Gasteiger partial charge in [0.1, 0.15) is 6.10 Å². The molecule has 1 aromatic rings. The highest BCUT2D eigenvalue weighted by molar-refractivity contribution is 14.0. The van der Waals surface area contributed by atoms with Crippen molar-refractivity contribution in [2.45, 2.75) is 31.3 Å². The number of methoxy groups -OCH3 is 1. The van der Waals surface area contributed by atoms with Gasteiger partial charge in [-0.2, -0.15) is 0 Å². The van der Waals surface area contributed by atoms with E-state index in [9.17, 15) is 0 Å². The van der Waals surface area contributed by atoms with Crippen molar-refractivity contribution in [3.63, 3.8) is 0 Å². The molecule has 0 amide bonds. The lowest BCUT2D eigenvalue weighted by Gasteiger charge is -2.31. The number of guanidine groups is 1. The van der Waals surface area contributed by atoms with Crippen molar-refractivity contribution in [3.8, 4) is 0 Å². The van der Waals surface area contributed by atoms with Gasteiger partial charge in [-0.1, -0.05) is 18.2 Å². The Kier molecular flexibility index (Phi) is 7.88. The lowest BCUT2D eigenvalue weighted by Crippen LogP contribution is -2.38. The second-order valence-electron chi connectivity index (χ2n) is 6.02. The van der Waals surface area contributed by atoms with Gasteiger partial charge in [0.25, 0.3) is 0 Å². The predicted molar refractivity (Wildman–Crippen MR) is 106 cm³/mol. The molecule has 0 radical (unpaired) electrons. The van der Waals surface area contributed by atoms with E-state index in [2.05, 4.69) is 10.3 Å². The Morgan fingerprint density at radius 1 is 1.36 bits per heavy atom. The van der Waals surface area contributed by atoms with Crippen LogP contribution in [-0.4, -0.2) is 51.3 Å². The van der Waals surface area contributed by atoms with Crippen molar-refractivity contribution in [2.75, 3.05) is 38.8 Å². The highest BCUT2D eigenvalue weighted by Gasteiger charge is 2.42. The summed E-state index contributed by atoms with van der Waals surface area (Å²) in [6, 6.07) is 7.84. The third-order valence-corrected chi connectivity index (χ3v) is 4.21. The Hall–Kier alpha value is -0.940. The number of ether oxygens (including phenoxy) is 4. The molecule has 3 rings (SSSR count). The van der Waals surface area contributed by atoms with Gasteiger partial charge in [-0.05, 0) is 6.07 Å². The maximum absolute atomic E-state index is 6.04. The fourth-order valence-corrected chi connectivity index (χ4v) is 2.95. The molecular weight excluding hydrogens is 437 g/mol. The van der Waals surface area contributed by atoms with Crippen molar-refractivity contribution in [2.24, 2.45) is 10.7 Å². The van der Waals surface area contributed by atoms with E-state index in [-0.39, 0.29) is 30.1 Å². The fraction of sp³-hybridized carbons (Fsp3) is 0.588. The summed E-state index contributed by atoms with van der Waals surface area (Å²) in [6.07, 6.45) is 1.47. The van der Waals surface area contributed by atoms with Gasteiger partial charge in [0.2, 0.25) is 0 Å². The topological polar surface area (TPSA) is 87.3 Å². The van der Waals surface area contributed by atoms with Gasteiger partial charge in [-0.3, -0.25) is 4.99 Å². The van der Waals surface area contributed by atoms with Crippen molar-refractivity contribution < 1.29 is 18.9 Å². The van der Waals surface area contributed by atoms with E-state index in [1.54, 1.807) is 7.11 Å². The zero-order valence-corrected chi connectivity index (χ0v) is 16.7.